The minimum atomic E-state index is 0.0439. The van der Waals surface area contributed by atoms with Crippen LogP contribution in [0.25, 0.3) is 0 Å². The van der Waals surface area contributed by atoms with Crippen molar-refractivity contribution in [3.8, 4) is 0 Å². The second kappa shape index (κ2) is 5.33. The van der Waals surface area contributed by atoms with Crippen molar-refractivity contribution in [2.45, 2.75) is 39.8 Å². The summed E-state index contributed by atoms with van der Waals surface area (Å²) in [4.78, 5) is 0. The molecule has 0 bridgehead atoms. The van der Waals surface area contributed by atoms with E-state index in [1.807, 2.05) is 33.8 Å². The van der Waals surface area contributed by atoms with Crippen LogP contribution in [0.4, 0.5) is 0 Å². The van der Waals surface area contributed by atoms with Crippen LogP contribution in [0.3, 0.4) is 0 Å². The van der Waals surface area contributed by atoms with Crippen molar-refractivity contribution in [3.63, 3.8) is 0 Å². The zero-order valence-electron chi connectivity index (χ0n) is 7.92. The Morgan fingerprint density at radius 1 is 1.45 bits per heavy atom. The lowest BCUT2D eigenvalue weighted by Gasteiger charge is -2.11. The highest BCUT2D eigenvalue weighted by Gasteiger charge is 1.99. The van der Waals surface area contributed by atoms with Crippen molar-refractivity contribution in [1.82, 2.24) is 0 Å². The summed E-state index contributed by atoms with van der Waals surface area (Å²) in [7, 11) is 0. The molecular formula is C9H19NO. The summed E-state index contributed by atoms with van der Waals surface area (Å²) >= 11 is 0. The SMILES string of the molecule is CC(C)=CC(N)COC(C)C. The van der Waals surface area contributed by atoms with E-state index in [0.29, 0.717) is 6.61 Å². The minimum absolute atomic E-state index is 0.0439. The Hall–Kier alpha value is -0.340. The Morgan fingerprint density at radius 3 is 2.36 bits per heavy atom. The van der Waals surface area contributed by atoms with Gasteiger partial charge in [0.05, 0.1) is 12.7 Å². The number of allylic oxidation sites excluding steroid dienone is 1. The Labute approximate surface area is 69.4 Å². The van der Waals surface area contributed by atoms with Gasteiger partial charge in [-0.25, -0.2) is 0 Å². The van der Waals surface area contributed by atoms with Crippen LogP contribution in [0.5, 0.6) is 0 Å². The summed E-state index contributed by atoms with van der Waals surface area (Å²) < 4.78 is 5.33. The van der Waals surface area contributed by atoms with Gasteiger partial charge in [0.25, 0.3) is 0 Å². The monoisotopic (exact) mass is 157 g/mol. The topological polar surface area (TPSA) is 35.2 Å². The maximum atomic E-state index is 5.72. The van der Waals surface area contributed by atoms with Crippen molar-refractivity contribution in [3.05, 3.63) is 11.6 Å². The van der Waals surface area contributed by atoms with Gasteiger partial charge in [-0.05, 0) is 27.7 Å². The van der Waals surface area contributed by atoms with E-state index in [9.17, 15) is 0 Å². The van der Waals surface area contributed by atoms with E-state index in [1.54, 1.807) is 0 Å². The van der Waals surface area contributed by atoms with E-state index in [1.165, 1.54) is 5.57 Å². The summed E-state index contributed by atoms with van der Waals surface area (Å²) in [5.74, 6) is 0. The van der Waals surface area contributed by atoms with Gasteiger partial charge in [0.15, 0.2) is 0 Å². The van der Waals surface area contributed by atoms with Gasteiger partial charge in [0, 0.05) is 6.04 Å². The van der Waals surface area contributed by atoms with Crippen LogP contribution >= 0.6 is 0 Å². The molecule has 0 aromatic carbocycles. The normalized spacial score (nSPS) is 13.3. The maximum Gasteiger partial charge on any atom is 0.0657 e. The molecule has 2 heteroatoms. The number of rotatable bonds is 4. The summed E-state index contributed by atoms with van der Waals surface area (Å²) in [6, 6.07) is 0.0439. The first-order chi connectivity index (χ1) is 5.02. The Balaban J connectivity index is 3.53. The molecule has 0 aromatic rings. The minimum Gasteiger partial charge on any atom is -0.377 e. The molecule has 0 amide bonds. The van der Waals surface area contributed by atoms with Gasteiger partial charge in [-0.3, -0.25) is 0 Å². The van der Waals surface area contributed by atoms with E-state index >= 15 is 0 Å². The van der Waals surface area contributed by atoms with E-state index in [2.05, 4.69) is 0 Å². The number of nitrogens with two attached hydrogens (primary N) is 1. The molecular weight excluding hydrogens is 138 g/mol. The number of hydrogen-bond acceptors (Lipinski definition) is 2. The molecule has 11 heavy (non-hydrogen) atoms. The largest absolute Gasteiger partial charge is 0.377 e. The molecule has 66 valence electrons. The molecule has 0 aliphatic heterocycles. The fourth-order valence-electron chi connectivity index (χ4n) is 0.780. The molecule has 0 aliphatic rings. The summed E-state index contributed by atoms with van der Waals surface area (Å²) in [5, 5.41) is 0. The molecule has 0 fully saturated rings. The first-order valence-electron chi connectivity index (χ1n) is 4.04. The molecule has 0 rings (SSSR count). The standard InChI is InChI=1S/C9H19NO/c1-7(2)5-9(10)6-11-8(3)4/h5,8-9H,6,10H2,1-4H3. The van der Waals surface area contributed by atoms with E-state index < -0.39 is 0 Å². The summed E-state index contributed by atoms with van der Waals surface area (Å²) in [6.45, 7) is 8.71. The van der Waals surface area contributed by atoms with Crippen LogP contribution in [0, 0.1) is 0 Å². The average Bonchev–Trinajstić information content (AvgIpc) is 1.82. The smallest absolute Gasteiger partial charge is 0.0657 e. The lowest BCUT2D eigenvalue weighted by atomic mass is 10.2. The van der Waals surface area contributed by atoms with Gasteiger partial charge in [0.1, 0.15) is 0 Å². The lowest BCUT2D eigenvalue weighted by molar-refractivity contribution is 0.0752. The third-order valence-electron chi connectivity index (χ3n) is 1.17. The van der Waals surface area contributed by atoms with Crippen molar-refractivity contribution in [1.29, 1.82) is 0 Å². The zero-order chi connectivity index (χ0) is 8.85. The molecule has 0 saturated carbocycles. The third-order valence-corrected chi connectivity index (χ3v) is 1.17. The molecule has 0 aliphatic carbocycles. The Morgan fingerprint density at radius 2 is 2.00 bits per heavy atom. The van der Waals surface area contributed by atoms with Gasteiger partial charge in [-0.2, -0.15) is 0 Å². The van der Waals surface area contributed by atoms with Crippen molar-refractivity contribution < 1.29 is 4.74 Å². The summed E-state index contributed by atoms with van der Waals surface area (Å²) in [6.07, 6.45) is 2.29. The predicted molar refractivity (Wildman–Crippen MR) is 48.5 cm³/mol. The van der Waals surface area contributed by atoms with Gasteiger partial charge in [-0.1, -0.05) is 11.6 Å². The van der Waals surface area contributed by atoms with Crippen LogP contribution in [-0.2, 0) is 4.74 Å². The molecule has 2 N–H and O–H groups in total. The third kappa shape index (κ3) is 7.56. The molecule has 0 heterocycles. The van der Waals surface area contributed by atoms with Crippen LogP contribution in [0.1, 0.15) is 27.7 Å². The molecule has 0 spiro atoms. The van der Waals surface area contributed by atoms with Crippen molar-refractivity contribution in [2.24, 2.45) is 5.73 Å². The number of hydrogen-bond donors (Lipinski definition) is 1. The fraction of sp³-hybridized carbons (Fsp3) is 0.778. The van der Waals surface area contributed by atoms with Crippen molar-refractivity contribution in [2.75, 3.05) is 6.61 Å². The molecule has 0 aromatic heterocycles. The zero-order valence-corrected chi connectivity index (χ0v) is 7.92. The Kier molecular flexibility index (Phi) is 5.16. The van der Waals surface area contributed by atoms with Gasteiger partial charge in [-0.15, -0.1) is 0 Å². The highest BCUT2D eigenvalue weighted by molar-refractivity contribution is 4.99. The second-order valence-electron chi connectivity index (χ2n) is 3.29. The molecule has 1 atom stereocenters. The van der Waals surface area contributed by atoms with Gasteiger partial charge >= 0.3 is 0 Å². The van der Waals surface area contributed by atoms with Crippen LogP contribution in [-0.4, -0.2) is 18.8 Å². The Bertz CT molecular complexity index is 126. The lowest BCUT2D eigenvalue weighted by Crippen LogP contribution is -2.25. The first kappa shape index (κ1) is 10.7. The maximum absolute atomic E-state index is 5.72. The van der Waals surface area contributed by atoms with Crippen LogP contribution in [0.15, 0.2) is 11.6 Å². The van der Waals surface area contributed by atoms with Crippen molar-refractivity contribution >= 4 is 0 Å². The molecule has 0 saturated heterocycles. The number of ether oxygens (including phenoxy) is 1. The predicted octanol–water partition coefficient (Wildman–Crippen LogP) is 1.70. The van der Waals surface area contributed by atoms with Gasteiger partial charge < -0.3 is 10.5 Å². The van der Waals surface area contributed by atoms with E-state index in [-0.39, 0.29) is 12.1 Å². The molecule has 0 radical (unpaired) electrons. The fourth-order valence-corrected chi connectivity index (χ4v) is 0.780. The van der Waals surface area contributed by atoms with E-state index in [0.717, 1.165) is 0 Å². The first-order valence-corrected chi connectivity index (χ1v) is 4.04. The average molecular weight is 157 g/mol. The highest BCUT2D eigenvalue weighted by atomic mass is 16.5. The van der Waals surface area contributed by atoms with Crippen LogP contribution in [0.2, 0.25) is 0 Å². The van der Waals surface area contributed by atoms with E-state index in [4.69, 9.17) is 10.5 Å². The summed E-state index contributed by atoms with van der Waals surface area (Å²) in [5.41, 5.74) is 6.96. The quantitative estimate of drug-likeness (QED) is 0.630. The molecule has 1 unspecified atom stereocenters. The second-order valence-corrected chi connectivity index (χ2v) is 3.29. The van der Waals surface area contributed by atoms with Gasteiger partial charge in [0.2, 0.25) is 0 Å². The molecule has 2 nitrogen and oxygen atoms in total. The van der Waals surface area contributed by atoms with Crippen LogP contribution < -0.4 is 5.73 Å². The highest BCUT2D eigenvalue weighted by Crippen LogP contribution is 1.95.